The fraction of sp³-hybridized carbons (Fsp3) is 0.250. The van der Waals surface area contributed by atoms with Gasteiger partial charge in [0.05, 0.1) is 6.34 Å². The first-order chi connectivity index (χ1) is 3.39. The number of hydrogen-bond donors (Lipinski definition) is 1. The van der Waals surface area contributed by atoms with Crippen LogP contribution in [0.1, 0.15) is 6.92 Å². The molecule has 0 aromatic heterocycles. The van der Waals surface area contributed by atoms with Gasteiger partial charge in [0.2, 0.25) is 0 Å². The lowest BCUT2D eigenvalue weighted by Crippen LogP contribution is -2.00. The van der Waals surface area contributed by atoms with Crippen LogP contribution in [-0.4, -0.2) is 6.34 Å². The first-order valence-electron chi connectivity index (χ1n) is 2.00. The number of aliphatic imine (C=N–C) groups is 1. The highest BCUT2D eigenvalue weighted by molar-refractivity contribution is 8.00. The zero-order valence-electron chi connectivity index (χ0n) is 4.01. The highest BCUT2D eigenvalue weighted by Crippen LogP contribution is 2.05. The molecular weight excluding hydrogens is 108 g/mol. The summed E-state index contributed by atoms with van der Waals surface area (Å²) in [5.41, 5.74) is 1.06. The van der Waals surface area contributed by atoms with Gasteiger partial charge in [0, 0.05) is 11.1 Å². The van der Waals surface area contributed by atoms with Gasteiger partial charge in [-0.05, 0) is 18.9 Å². The molecule has 1 rings (SSSR count). The smallest absolute Gasteiger partial charge is 0.0983 e. The highest BCUT2D eigenvalue weighted by atomic mass is 32.2. The van der Waals surface area contributed by atoms with E-state index in [1.54, 1.807) is 18.3 Å². The van der Waals surface area contributed by atoms with Crippen molar-refractivity contribution in [3.8, 4) is 0 Å². The summed E-state index contributed by atoms with van der Waals surface area (Å²) in [7, 11) is 0. The van der Waals surface area contributed by atoms with Gasteiger partial charge in [-0.15, -0.1) is 0 Å². The van der Waals surface area contributed by atoms with E-state index in [-0.39, 0.29) is 0 Å². The Morgan fingerprint density at radius 1 is 1.86 bits per heavy atom. The van der Waals surface area contributed by atoms with Crippen LogP contribution in [0.25, 0.3) is 0 Å². The molecule has 0 amide bonds. The minimum absolute atomic E-state index is 1.06. The van der Waals surface area contributed by atoms with Crippen molar-refractivity contribution in [1.29, 1.82) is 0 Å². The van der Waals surface area contributed by atoms with Crippen LogP contribution < -0.4 is 4.72 Å². The van der Waals surface area contributed by atoms with Gasteiger partial charge in [-0.1, -0.05) is 0 Å². The zero-order valence-corrected chi connectivity index (χ0v) is 4.83. The van der Waals surface area contributed by atoms with Gasteiger partial charge in [0.25, 0.3) is 0 Å². The van der Waals surface area contributed by atoms with E-state index in [1.165, 1.54) is 0 Å². The molecule has 0 bridgehead atoms. The van der Waals surface area contributed by atoms with E-state index in [2.05, 4.69) is 9.71 Å². The van der Waals surface area contributed by atoms with Gasteiger partial charge in [0.1, 0.15) is 0 Å². The molecule has 0 aromatic carbocycles. The summed E-state index contributed by atoms with van der Waals surface area (Å²) in [6.45, 7) is 1.96. The number of nitrogens with one attached hydrogen (secondary N) is 1. The van der Waals surface area contributed by atoms with Gasteiger partial charge < -0.3 is 4.72 Å². The minimum Gasteiger partial charge on any atom is -0.317 e. The monoisotopic (exact) mass is 114 g/mol. The summed E-state index contributed by atoms with van der Waals surface area (Å²) >= 11 is 1.54. The van der Waals surface area contributed by atoms with E-state index < -0.39 is 0 Å². The molecule has 1 aliphatic heterocycles. The Hall–Kier alpha value is -0.440. The van der Waals surface area contributed by atoms with Crippen LogP contribution in [0.15, 0.2) is 16.1 Å². The third-order valence-corrected chi connectivity index (χ3v) is 1.32. The van der Waals surface area contributed by atoms with Crippen LogP contribution in [0.2, 0.25) is 0 Å². The second kappa shape index (κ2) is 2.02. The van der Waals surface area contributed by atoms with Gasteiger partial charge in [0.15, 0.2) is 0 Å². The molecule has 0 unspecified atom stereocenters. The summed E-state index contributed by atoms with van der Waals surface area (Å²) in [6, 6.07) is 0. The van der Waals surface area contributed by atoms with Crippen molar-refractivity contribution in [1.82, 2.24) is 4.72 Å². The molecule has 7 heavy (non-hydrogen) atoms. The zero-order chi connectivity index (χ0) is 5.11. The molecule has 38 valence electrons. The Labute approximate surface area is 46.8 Å². The van der Waals surface area contributed by atoms with Crippen LogP contribution in [0.3, 0.4) is 0 Å². The Morgan fingerprint density at radius 3 is 3.00 bits per heavy atom. The van der Waals surface area contributed by atoms with Crippen molar-refractivity contribution in [2.45, 2.75) is 6.92 Å². The average molecular weight is 114 g/mol. The Morgan fingerprint density at radius 2 is 2.71 bits per heavy atom. The Kier molecular flexibility index (Phi) is 1.36. The topological polar surface area (TPSA) is 24.4 Å². The molecule has 0 aromatic rings. The molecule has 0 radical (unpaired) electrons. The molecule has 1 N–H and O–H groups in total. The summed E-state index contributed by atoms with van der Waals surface area (Å²) in [5, 5.41) is 1.96. The van der Waals surface area contributed by atoms with E-state index in [4.69, 9.17) is 0 Å². The first kappa shape index (κ1) is 4.71. The molecular formula is C4H6N2S. The van der Waals surface area contributed by atoms with E-state index in [1.807, 2.05) is 12.3 Å². The van der Waals surface area contributed by atoms with Crippen LogP contribution >= 0.6 is 11.9 Å². The molecule has 0 aliphatic carbocycles. The largest absolute Gasteiger partial charge is 0.317 e. The number of allylic oxidation sites excluding steroid dienone is 1. The summed E-state index contributed by atoms with van der Waals surface area (Å²) in [5.74, 6) is 0. The SMILES string of the molecule is CC1=CSNC=N1. The molecule has 0 saturated heterocycles. The molecule has 2 nitrogen and oxygen atoms in total. The second-order valence-corrected chi connectivity index (χ2v) is 1.96. The summed E-state index contributed by atoms with van der Waals surface area (Å²) in [4.78, 5) is 3.93. The molecule has 0 spiro atoms. The third kappa shape index (κ3) is 1.23. The third-order valence-electron chi connectivity index (χ3n) is 0.618. The molecule has 3 heteroatoms. The standard InChI is InChI=1S/C4H6N2S/c1-4-2-7-6-3-5-4/h2-3H,1H3,(H,5,6). The lowest BCUT2D eigenvalue weighted by Gasteiger charge is -1.98. The van der Waals surface area contributed by atoms with Crippen molar-refractivity contribution < 1.29 is 0 Å². The van der Waals surface area contributed by atoms with Crippen LogP contribution in [-0.2, 0) is 0 Å². The van der Waals surface area contributed by atoms with Crippen LogP contribution in [0.5, 0.6) is 0 Å². The molecule has 0 atom stereocenters. The summed E-state index contributed by atoms with van der Waals surface area (Å²) in [6.07, 6.45) is 1.68. The maximum atomic E-state index is 3.93. The number of rotatable bonds is 0. The predicted molar refractivity (Wildman–Crippen MR) is 33.0 cm³/mol. The van der Waals surface area contributed by atoms with Crippen molar-refractivity contribution in [3.63, 3.8) is 0 Å². The Balaban J connectivity index is 2.58. The molecule has 0 saturated carbocycles. The fourth-order valence-corrected chi connectivity index (χ4v) is 0.721. The number of nitrogens with zero attached hydrogens (tertiary/aromatic N) is 1. The second-order valence-electron chi connectivity index (χ2n) is 1.25. The fourth-order valence-electron chi connectivity index (χ4n) is 0.308. The van der Waals surface area contributed by atoms with Crippen molar-refractivity contribution in [3.05, 3.63) is 11.1 Å². The normalized spacial score (nSPS) is 18.1. The molecule has 1 aliphatic rings. The Bertz CT molecular complexity index is 117. The molecule has 1 heterocycles. The van der Waals surface area contributed by atoms with E-state index in [9.17, 15) is 0 Å². The lowest BCUT2D eigenvalue weighted by atomic mass is 10.6. The van der Waals surface area contributed by atoms with E-state index in [0.717, 1.165) is 5.70 Å². The van der Waals surface area contributed by atoms with Gasteiger partial charge >= 0.3 is 0 Å². The molecule has 0 fully saturated rings. The van der Waals surface area contributed by atoms with Crippen LogP contribution in [0, 0.1) is 0 Å². The first-order valence-corrected chi connectivity index (χ1v) is 2.88. The minimum atomic E-state index is 1.06. The van der Waals surface area contributed by atoms with E-state index >= 15 is 0 Å². The van der Waals surface area contributed by atoms with Crippen molar-refractivity contribution in [2.24, 2.45) is 4.99 Å². The lowest BCUT2D eigenvalue weighted by molar-refractivity contribution is 1.30. The number of hydrogen-bond acceptors (Lipinski definition) is 3. The van der Waals surface area contributed by atoms with E-state index in [0.29, 0.717) is 0 Å². The summed E-state index contributed by atoms with van der Waals surface area (Å²) < 4.78 is 2.86. The van der Waals surface area contributed by atoms with Gasteiger partial charge in [-0.25, -0.2) is 4.99 Å². The highest BCUT2D eigenvalue weighted by Gasteiger charge is 1.86. The van der Waals surface area contributed by atoms with Gasteiger partial charge in [-0.2, -0.15) is 0 Å². The van der Waals surface area contributed by atoms with Crippen molar-refractivity contribution in [2.75, 3.05) is 0 Å². The maximum Gasteiger partial charge on any atom is 0.0983 e. The van der Waals surface area contributed by atoms with Crippen LogP contribution in [0.4, 0.5) is 0 Å². The van der Waals surface area contributed by atoms with Gasteiger partial charge in [-0.3, -0.25) is 0 Å². The predicted octanol–water partition coefficient (Wildman–Crippen LogP) is 1.13. The quantitative estimate of drug-likeness (QED) is 0.477. The van der Waals surface area contributed by atoms with Crippen molar-refractivity contribution >= 4 is 18.3 Å². The maximum absolute atomic E-state index is 3.93. The average Bonchev–Trinajstić information content (AvgIpc) is 1.69.